The third-order valence-corrected chi connectivity index (χ3v) is 1.30. The Labute approximate surface area is 56.0 Å². The van der Waals surface area contributed by atoms with E-state index < -0.39 is 0 Å². The summed E-state index contributed by atoms with van der Waals surface area (Å²) < 4.78 is 2.83. The van der Waals surface area contributed by atoms with E-state index in [0.29, 0.717) is 11.5 Å². The summed E-state index contributed by atoms with van der Waals surface area (Å²) in [6, 6.07) is 0. The SMILES string of the molecule is Nc1ncn2ncn(N)c12. The summed E-state index contributed by atoms with van der Waals surface area (Å²) in [5.74, 6) is 5.82. The average molecular weight is 138 g/mol. The van der Waals surface area contributed by atoms with Crippen LogP contribution >= 0.6 is 0 Å². The highest BCUT2D eigenvalue weighted by Crippen LogP contribution is 2.06. The highest BCUT2D eigenvalue weighted by atomic mass is 15.4. The average Bonchev–Trinajstić information content (AvgIpc) is 2.40. The molecule has 0 atom stereocenters. The molecule has 2 aromatic heterocycles. The van der Waals surface area contributed by atoms with Crippen molar-refractivity contribution in [2.24, 2.45) is 0 Å². The summed E-state index contributed by atoms with van der Waals surface area (Å²) in [4.78, 5) is 3.79. The monoisotopic (exact) mass is 138 g/mol. The Bertz CT molecular complexity index is 325. The van der Waals surface area contributed by atoms with Gasteiger partial charge in [-0.15, -0.1) is 0 Å². The molecule has 0 aromatic carbocycles. The topological polar surface area (TPSA) is 87.2 Å². The first-order valence-electron chi connectivity index (χ1n) is 2.70. The third-order valence-electron chi connectivity index (χ3n) is 1.30. The van der Waals surface area contributed by atoms with E-state index >= 15 is 0 Å². The molecule has 0 spiro atoms. The maximum absolute atomic E-state index is 5.45. The van der Waals surface area contributed by atoms with Gasteiger partial charge in [0.2, 0.25) is 0 Å². The zero-order valence-electron chi connectivity index (χ0n) is 5.10. The zero-order chi connectivity index (χ0) is 7.14. The second-order valence-electron chi connectivity index (χ2n) is 1.94. The van der Waals surface area contributed by atoms with Crippen molar-refractivity contribution in [3.8, 4) is 0 Å². The minimum absolute atomic E-state index is 0.389. The number of hydrogen-bond acceptors (Lipinski definition) is 4. The summed E-state index contributed by atoms with van der Waals surface area (Å²) in [6.45, 7) is 0. The molecule has 0 fully saturated rings. The number of anilines is 1. The Morgan fingerprint density at radius 3 is 2.90 bits per heavy atom. The van der Waals surface area contributed by atoms with Crippen molar-refractivity contribution in [2.75, 3.05) is 11.6 Å². The number of nitrogen functional groups attached to an aromatic ring is 2. The predicted octanol–water partition coefficient (Wildman–Crippen LogP) is -1.17. The van der Waals surface area contributed by atoms with Crippen LogP contribution in [0.4, 0.5) is 5.82 Å². The van der Waals surface area contributed by atoms with Gasteiger partial charge in [-0.25, -0.2) is 9.66 Å². The molecule has 0 bridgehead atoms. The number of rotatable bonds is 0. The van der Waals surface area contributed by atoms with Crippen molar-refractivity contribution >= 4 is 11.5 Å². The number of nitrogens with zero attached hydrogens (tertiary/aromatic N) is 4. The van der Waals surface area contributed by atoms with Crippen LogP contribution in [0.3, 0.4) is 0 Å². The van der Waals surface area contributed by atoms with Gasteiger partial charge in [0.25, 0.3) is 0 Å². The molecule has 0 aliphatic carbocycles. The molecule has 0 radical (unpaired) electrons. The van der Waals surface area contributed by atoms with Crippen LogP contribution in [0.25, 0.3) is 5.65 Å². The molecule has 0 amide bonds. The van der Waals surface area contributed by atoms with E-state index in [0.717, 1.165) is 0 Å². The van der Waals surface area contributed by atoms with Crippen molar-refractivity contribution in [2.45, 2.75) is 0 Å². The molecule has 2 rings (SSSR count). The van der Waals surface area contributed by atoms with Crippen molar-refractivity contribution in [1.82, 2.24) is 19.3 Å². The first-order chi connectivity index (χ1) is 4.79. The van der Waals surface area contributed by atoms with Crippen LogP contribution in [0.1, 0.15) is 0 Å². The van der Waals surface area contributed by atoms with E-state index in [4.69, 9.17) is 11.6 Å². The Morgan fingerprint density at radius 1 is 1.40 bits per heavy atom. The molecule has 0 saturated carbocycles. The maximum atomic E-state index is 5.45. The Balaban J connectivity index is 2.98. The van der Waals surface area contributed by atoms with Gasteiger partial charge >= 0.3 is 0 Å². The quantitative estimate of drug-likeness (QED) is 0.449. The lowest BCUT2D eigenvalue weighted by Crippen LogP contribution is -2.06. The molecule has 4 N–H and O–H groups in total. The smallest absolute Gasteiger partial charge is 0.198 e. The van der Waals surface area contributed by atoms with Gasteiger partial charge in [0.15, 0.2) is 11.5 Å². The first-order valence-corrected chi connectivity index (χ1v) is 2.70. The molecule has 0 aliphatic heterocycles. The number of aromatic nitrogens is 4. The molecule has 6 heteroatoms. The summed E-state index contributed by atoms with van der Waals surface area (Å²) in [5, 5.41) is 3.85. The number of fused-ring (bicyclic) bond motifs is 1. The Kier molecular flexibility index (Phi) is 0.717. The van der Waals surface area contributed by atoms with Gasteiger partial charge in [0, 0.05) is 0 Å². The van der Waals surface area contributed by atoms with Gasteiger partial charge in [-0.05, 0) is 0 Å². The van der Waals surface area contributed by atoms with Gasteiger partial charge in [-0.1, -0.05) is 0 Å². The molecule has 0 saturated heterocycles. The van der Waals surface area contributed by atoms with Crippen LogP contribution < -0.4 is 11.6 Å². The molecule has 6 nitrogen and oxygen atoms in total. The molecular weight excluding hydrogens is 132 g/mol. The van der Waals surface area contributed by atoms with E-state index in [9.17, 15) is 0 Å². The van der Waals surface area contributed by atoms with Crippen LogP contribution in [-0.2, 0) is 0 Å². The lowest BCUT2D eigenvalue weighted by atomic mass is 10.7. The molecule has 10 heavy (non-hydrogen) atoms. The zero-order valence-corrected chi connectivity index (χ0v) is 5.10. The number of imidazole rings is 1. The lowest BCUT2D eigenvalue weighted by Gasteiger charge is -1.88. The Hall–Kier alpha value is -1.72. The number of nitrogens with two attached hydrogens (primary N) is 2. The van der Waals surface area contributed by atoms with E-state index in [1.165, 1.54) is 21.8 Å². The fourth-order valence-electron chi connectivity index (χ4n) is 0.848. The predicted molar refractivity (Wildman–Crippen MR) is 35.5 cm³/mol. The molecule has 2 aromatic rings. The van der Waals surface area contributed by atoms with E-state index in [-0.39, 0.29) is 0 Å². The minimum Gasteiger partial charge on any atom is -0.381 e. The van der Waals surface area contributed by atoms with E-state index in [2.05, 4.69) is 10.1 Å². The largest absolute Gasteiger partial charge is 0.381 e. The highest BCUT2D eigenvalue weighted by molar-refractivity contribution is 5.59. The molecule has 0 aliphatic rings. The minimum atomic E-state index is 0.389. The van der Waals surface area contributed by atoms with Gasteiger partial charge < -0.3 is 11.6 Å². The number of hydrogen-bond donors (Lipinski definition) is 2. The van der Waals surface area contributed by atoms with Crippen molar-refractivity contribution in [1.29, 1.82) is 0 Å². The van der Waals surface area contributed by atoms with Crippen LogP contribution in [0.15, 0.2) is 12.7 Å². The van der Waals surface area contributed by atoms with Crippen LogP contribution in [-0.4, -0.2) is 19.3 Å². The van der Waals surface area contributed by atoms with Gasteiger partial charge in [-0.3, -0.25) is 0 Å². The third kappa shape index (κ3) is 0.426. The molecule has 52 valence electrons. The summed E-state index contributed by atoms with van der Waals surface area (Å²) in [5.41, 5.74) is 6.06. The first kappa shape index (κ1) is 5.10. The highest BCUT2D eigenvalue weighted by Gasteiger charge is 2.03. The molecular formula is C4H6N6. The Morgan fingerprint density at radius 2 is 2.20 bits per heavy atom. The molecule has 2 heterocycles. The lowest BCUT2D eigenvalue weighted by molar-refractivity contribution is 0.952. The normalized spacial score (nSPS) is 10.8. The van der Waals surface area contributed by atoms with Gasteiger partial charge in [0.1, 0.15) is 12.7 Å². The van der Waals surface area contributed by atoms with E-state index in [1.807, 2.05) is 0 Å². The molecule has 0 unspecified atom stereocenters. The maximum Gasteiger partial charge on any atom is 0.198 e. The standard InChI is InChI=1S/C4H6N6/c5-3-4-9(6)2-8-10(4)1-7-3/h1-2H,5-6H2. The van der Waals surface area contributed by atoms with Crippen LogP contribution in [0, 0.1) is 0 Å². The fraction of sp³-hybridized carbons (Fsp3) is 0. The van der Waals surface area contributed by atoms with Gasteiger partial charge in [-0.2, -0.15) is 9.61 Å². The van der Waals surface area contributed by atoms with Crippen LogP contribution in [0.5, 0.6) is 0 Å². The summed E-state index contributed by atoms with van der Waals surface area (Å²) >= 11 is 0. The second kappa shape index (κ2) is 1.41. The fourth-order valence-corrected chi connectivity index (χ4v) is 0.848. The van der Waals surface area contributed by atoms with Crippen molar-refractivity contribution in [3.63, 3.8) is 0 Å². The second-order valence-corrected chi connectivity index (χ2v) is 1.94. The summed E-state index contributed by atoms with van der Waals surface area (Å²) in [6.07, 6.45) is 2.97. The summed E-state index contributed by atoms with van der Waals surface area (Å²) in [7, 11) is 0. The van der Waals surface area contributed by atoms with Crippen LogP contribution in [0.2, 0.25) is 0 Å². The van der Waals surface area contributed by atoms with Gasteiger partial charge in [0.05, 0.1) is 0 Å². The van der Waals surface area contributed by atoms with E-state index in [1.54, 1.807) is 0 Å². The van der Waals surface area contributed by atoms with Crippen molar-refractivity contribution < 1.29 is 0 Å². The van der Waals surface area contributed by atoms with Crippen molar-refractivity contribution in [3.05, 3.63) is 12.7 Å².